The van der Waals surface area contributed by atoms with Crippen LogP contribution in [0.15, 0.2) is 41.5 Å². The van der Waals surface area contributed by atoms with Crippen LogP contribution in [0.3, 0.4) is 0 Å². The predicted molar refractivity (Wildman–Crippen MR) is 238 cm³/mol. The second-order valence-electron chi connectivity index (χ2n) is 19.8. The first-order valence-electron chi connectivity index (χ1n) is 21.2. The molecule has 60 heavy (non-hydrogen) atoms. The number of carbonyl (C=O) groups excluding carboxylic acids is 3. The summed E-state index contributed by atoms with van der Waals surface area (Å²) >= 11 is 0. The van der Waals surface area contributed by atoms with Crippen molar-refractivity contribution in [2.45, 2.75) is 165 Å². The normalized spacial score (nSPS) is 20.6. The molecule has 3 heterocycles. The van der Waals surface area contributed by atoms with Gasteiger partial charge in [-0.15, -0.1) is 0 Å². The number of esters is 1. The fourth-order valence-corrected chi connectivity index (χ4v) is 7.56. The number of methoxy groups -OCH3 is 1. The SMILES string of the molecule is C=C/C(=C(\N=CC)[C@H](C)OC)c1c(CC(C)(C)COC(=O)[C@@H]2[C@@H](C)CCN(C(=O)OC(C)(C)C)N2C(=O)OC(C)(C)C)c2cc(B3OC(C)(C)C(C)(C)O3)ccc2n1CC. The number of hydrogen-bond donors (Lipinski definition) is 0. The van der Waals surface area contributed by atoms with Crippen molar-refractivity contribution in [3.8, 4) is 0 Å². The summed E-state index contributed by atoms with van der Waals surface area (Å²) in [5.74, 6) is -0.996. The number of aromatic nitrogens is 1. The summed E-state index contributed by atoms with van der Waals surface area (Å²) in [5, 5.41) is 3.24. The summed E-state index contributed by atoms with van der Waals surface area (Å²) in [5.41, 5.74) is 1.95. The number of aliphatic imine (C=N–C) groups is 1. The van der Waals surface area contributed by atoms with Crippen LogP contribution in [0.2, 0.25) is 0 Å². The van der Waals surface area contributed by atoms with Gasteiger partial charge in [-0.25, -0.2) is 19.4 Å². The van der Waals surface area contributed by atoms with Crippen molar-refractivity contribution in [3.05, 3.63) is 47.8 Å². The Balaban J connectivity index is 1.82. The van der Waals surface area contributed by atoms with Crippen LogP contribution >= 0.6 is 0 Å². The molecule has 0 unspecified atom stereocenters. The number of amides is 2. The fourth-order valence-electron chi connectivity index (χ4n) is 7.56. The largest absolute Gasteiger partial charge is 0.494 e. The van der Waals surface area contributed by atoms with Crippen molar-refractivity contribution in [3.63, 3.8) is 0 Å². The molecule has 2 amide bonds. The minimum Gasteiger partial charge on any atom is -0.464 e. The van der Waals surface area contributed by atoms with E-state index in [1.807, 2.05) is 68.4 Å². The van der Waals surface area contributed by atoms with Gasteiger partial charge in [0.15, 0.2) is 6.04 Å². The number of carbonyl (C=O) groups is 3. The summed E-state index contributed by atoms with van der Waals surface area (Å²) in [4.78, 5) is 46.5. The molecular formula is C46H71BN4O9. The molecule has 14 heteroatoms. The molecule has 2 aliphatic heterocycles. The van der Waals surface area contributed by atoms with Crippen molar-refractivity contribution in [2.24, 2.45) is 16.3 Å². The monoisotopic (exact) mass is 835 g/mol. The van der Waals surface area contributed by atoms with Gasteiger partial charge in [-0.1, -0.05) is 45.6 Å². The Labute approximate surface area is 358 Å². The second kappa shape index (κ2) is 18.1. The molecule has 13 nitrogen and oxygen atoms in total. The van der Waals surface area contributed by atoms with Gasteiger partial charge in [0, 0.05) is 48.3 Å². The molecular weight excluding hydrogens is 763 g/mol. The first-order chi connectivity index (χ1) is 27.6. The highest BCUT2D eigenvalue weighted by Crippen LogP contribution is 2.40. The Hall–Kier alpha value is -4.14. The number of aryl methyl sites for hydroxylation is 1. The van der Waals surface area contributed by atoms with E-state index in [1.54, 1.807) is 54.9 Å². The van der Waals surface area contributed by atoms with Crippen LogP contribution in [0.5, 0.6) is 0 Å². The van der Waals surface area contributed by atoms with Gasteiger partial charge in [-0.3, -0.25) is 4.99 Å². The van der Waals surface area contributed by atoms with E-state index in [4.69, 9.17) is 33.2 Å². The number of ether oxygens (including phenoxy) is 4. The summed E-state index contributed by atoms with van der Waals surface area (Å²) < 4.78 is 38.7. The Morgan fingerprint density at radius 2 is 1.58 bits per heavy atom. The fraction of sp³-hybridized carbons (Fsp3) is 0.652. The van der Waals surface area contributed by atoms with Crippen LogP contribution in [0.4, 0.5) is 9.59 Å². The molecule has 0 bridgehead atoms. The summed E-state index contributed by atoms with van der Waals surface area (Å²) in [6.07, 6.45) is 2.55. The highest BCUT2D eigenvalue weighted by molar-refractivity contribution is 6.62. The van der Waals surface area contributed by atoms with E-state index in [0.29, 0.717) is 19.4 Å². The van der Waals surface area contributed by atoms with E-state index in [1.165, 1.54) is 5.01 Å². The molecule has 2 saturated heterocycles. The molecule has 0 spiro atoms. The van der Waals surface area contributed by atoms with Gasteiger partial charge >= 0.3 is 25.3 Å². The Kier molecular flexibility index (Phi) is 14.6. The second-order valence-corrected chi connectivity index (χ2v) is 19.8. The summed E-state index contributed by atoms with van der Waals surface area (Å²) in [7, 11) is 1.08. The lowest BCUT2D eigenvalue weighted by molar-refractivity contribution is -0.169. The standard InChI is InChI=1S/C46H71BN4O9/c1-19-32(36(48-20-2)30(5)55-18)38-34(33-26-31(22-23-35(33)49(38)21-3)47-59-45(14,15)46(16,17)60-47)27-44(12,13)28-56-39(52)37-29(4)24-25-50(40(53)57-42(6,7)8)51(37)41(54)58-43(9,10)11/h19-20,22-23,26,29-30,37H,1,21,24-25,27-28H2,2-18H3/b36-32+,48-20?/t29-,30-,37-/m0/s1. The average molecular weight is 835 g/mol. The Morgan fingerprint density at radius 3 is 2.10 bits per heavy atom. The molecule has 0 aliphatic carbocycles. The Bertz CT molecular complexity index is 1970. The van der Waals surface area contributed by atoms with Crippen molar-refractivity contribution in [2.75, 3.05) is 20.3 Å². The smallest absolute Gasteiger partial charge is 0.464 e. The van der Waals surface area contributed by atoms with Gasteiger partial charge in [-0.2, -0.15) is 5.01 Å². The van der Waals surface area contributed by atoms with E-state index < -0.39 is 59.1 Å². The third-order valence-electron chi connectivity index (χ3n) is 11.3. The quantitative estimate of drug-likeness (QED) is 0.0677. The van der Waals surface area contributed by atoms with Crippen molar-refractivity contribution in [1.29, 1.82) is 0 Å². The van der Waals surface area contributed by atoms with Crippen LogP contribution in [-0.4, -0.2) is 101 Å². The Morgan fingerprint density at radius 1 is 1.00 bits per heavy atom. The lowest BCUT2D eigenvalue weighted by Gasteiger charge is -2.45. The first kappa shape index (κ1) is 48.5. The average Bonchev–Trinajstić information content (AvgIpc) is 3.54. The van der Waals surface area contributed by atoms with Crippen molar-refractivity contribution >= 4 is 53.4 Å². The van der Waals surface area contributed by atoms with E-state index in [2.05, 4.69) is 36.3 Å². The van der Waals surface area contributed by atoms with Gasteiger partial charge in [-0.05, 0) is 126 Å². The van der Waals surface area contributed by atoms with Crippen molar-refractivity contribution < 1.29 is 42.6 Å². The number of fused-ring (bicyclic) bond motifs is 1. The van der Waals surface area contributed by atoms with E-state index in [-0.39, 0.29) is 25.2 Å². The number of nitrogens with zero attached hydrogens (tertiary/aromatic N) is 4. The molecule has 0 radical (unpaired) electrons. The molecule has 0 N–H and O–H groups in total. The van der Waals surface area contributed by atoms with Gasteiger partial charge in [0.25, 0.3) is 0 Å². The van der Waals surface area contributed by atoms with Crippen LogP contribution in [-0.2, 0) is 46.0 Å². The minimum atomic E-state index is -1.14. The molecule has 1 aromatic carbocycles. The molecule has 3 atom stereocenters. The minimum absolute atomic E-state index is 0.000382. The van der Waals surface area contributed by atoms with Crippen LogP contribution in [0.1, 0.15) is 128 Å². The highest BCUT2D eigenvalue weighted by atomic mass is 16.7. The molecule has 4 rings (SSSR count). The van der Waals surface area contributed by atoms with Crippen LogP contribution < -0.4 is 5.46 Å². The lowest BCUT2D eigenvalue weighted by atomic mass is 9.77. The predicted octanol–water partition coefficient (Wildman–Crippen LogP) is 8.89. The zero-order valence-corrected chi connectivity index (χ0v) is 39.4. The molecule has 2 aliphatic rings. The number of hydrogen-bond acceptors (Lipinski definition) is 10. The molecule has 2 fully saturated rings. The van der Waals surface area contributed by atoms with Gasteiger partial charge < -0.3 is 32.8 Å². The third kappa shape index (κ3) is 10.7. The van der Waals surface area contributed by atoms with Gasteiger partial charge in [0.1, 0.15) is 11.2 Å². The molecule has 332 valence electrons. The summed E-state index contributed by atoms with van der Waals surface area (Å²) in [6, 6.07) is 5.16. The third-order valence-corrected chi connectivity index (χ3v) is 11.3. The first-order valence-corrected chi connectivity index (χ1v) is 21.2. The number of rotatable bonds is 12. The van der Waals surface area contributed by atoms with Gasteiger partial charge in [0.05, 0.1) is 35.3 Å². The van der Waals surface area contributed by atoms with Crippen LogP contribution in [0.25, 0.3) is 16.5 Å². The zero-order chi connectivity index (χ0) is 45.3. The number of benzene rings is 1. The highest BCUT2D eigenvalue weighted by Gasteiger charge is 2.52. The topological polar surface area (TPSA) is 130 Å². The molecule has 1 aromatic heterocycles. The van der Waals surface area contributed by atoms with Crippen LogP contribution in [0, 0.1) is 11.3 Å². The summed E-state index contributed by atoms with van der Waals surface area (Å²) in [6.45, 7) is 35.5. The lowest BCUT2D eigenvalue weighted by Crippen LogP contribution is -2.64. The maximum Gasteiger partial charge on any atom is 0.494 e. The number of allylic oxidation sites excluding steroid dienone is 2. The van der Waals surface area contributed by atoms with E-state index >= 15 is 0 Å². The van der Waals surface area contributed by atoms with Gasteiger partial charge in [0.2, 0.25) is 0 Å². The van der Waals surface area contributed by atoms with E-state index in [0.717, 1.165) is 43.9 Å². The van der Waals surface area contributed by atoms with Crippen molar-refractivity contribution in [1.82, 2.24) is 14.6 Å². The molecule has 2 aromatic rings. The van der Waals surface area contributed by atoms with E-state index in [9.17, 15) is 14.4 Å². The maximum atomic E-state index is 14.4. The molecule has 0 saturated carbocycles. The maximum absolute atomic E-state index is 14.4. The zero-order valence-electron chi connectivity index (χ0n) is 39.4. The number of hydrazine groups is 1.